The minimum atomic E-state index is 0.654. The van der Waals surface area contributed by atoms with E-state index in [1.165, 1.54) is 37.7 Å². The Hall–Kier alpha value is -1.31. The van der Waals surface area contributed by atoms with Crippen LogP contribution in [0.3, 0.4) is 0 Å². The SMILES string of the molecule is C/C(=N\O)c1ccccc1C1CCCCC1. The number of benzene rings is 1. The van der Waals surface area contributed by atoms with Gasteiger partial charge in [-0.1, -0.05) is 48.7 Å². The molecule has 0 heterocycles. The molecule has 0 radical (unpaired) electrons. The molecule has 0 bridgehead atoms. The molecule has 2 nitrogen and oxygen atoms in total. The molecule has 1 aromatic carbocycles. The van der Waals surface area contributed by atoms with Crippen molar-refractivity contribution in [3.8, 4) is 0 Å². The zero-order valence-corrected chi connectivity index (χ0v) is 9.82. The number of rotatable bonds is 2. The van der Waals surface area contributed by atoms with Crippen molar-refractivity contribution in [1.82, 2.24) is 0 Å². The van der Waals surface area contributed by atoms with E-state index in [0.29, 0.717) is 5.92 Å². The van der Waals surface area contributed by atoms with Gasteiger partial charge in [-0.25, -0.2) is 0 Å². The molecule has 16 heavy (non-hydrogen) atoms. The molecule has 1 saturated carbocycles. The molecule has 1 aliphatic rings. The van der Waals surface area contributed by atoms with Crippen LogP contribution in [-0.2, 0) is 0 Å². The molecule has 1 N–H and O–H groups in total. The lowest BCUT2D eigenvalue weighted by Gasteiger charge is -2.24. The minimum Gasteiger partial charge on any atom is -0.411 e. The van der Waals surface area contributed by atoms with Gasteiger partial charge in [0.2, 0.25) is 0 Å². The zero-order valence-electron chi connectivity index (χ0n) is 9.82. The van der Waals surface area contributed by atoms with Gasteiger partial charge in [-0.05, 0) is 31.2 Å². The van der Waals surface area contributed by atoms with Gasteiger partial charge < -0.3 is 5.21 Å². The van der Waals surface area contributed by atoms with E-state index in [1.807, 2.05) is 13.0 Å². The Bertz CT molecular complexity index is 378. The minimum absolute atomic E-state index is 0.654. The number of oxime groups is 1. The predicted molar refractivity (Wildman–Crippen MR) is 66.3 cm³/mol. The number of hydrogen-bond donors (Lipinski definition) is 1. The molecule has 2 heteroatoms. The summed E-state index contributed by atoms with van der Waals surface area (Å²) in [6.45, 7) is 1.86. The smallest absolute Gasteiger partial charge is 0.0839 e. The molecular weight excluding hydrogens is 198 g/mol. The fourth-order valence-electron chi connectivity index (χ4n) is 2.65. The topological polar surface area (TPSA) is 32.6 Å². The second-order valence-electron chi connectivity index (χ2n) is 4.61. The van der Waals surface area contributed by atoms with E-state index < -0.39 is 0 Å². The van der Waals surface area contributed by atoms with Crippen LogP contribution in [0, 0.1) is 0 Å². The first-order valence-corrected chi connectivity index (χ1v) is 6.11. The Balaban J connectivity index is 2.31. The maximum absolute atomic E-state index is 8.90. The van der Waals surface area contributed by atoms with E-state index in [9.17, 15) is 0 Å². The lowest BCUT2D eigenvalue weighted by Crippen LogP contribution is -2.09. The molecule has 0 saturated heterocycles. The Labute approximate surface area is 97.0 Å². The first-order valence-electron chi connectivity index (χ1n) is 6.11. The van der Waals surface area contributed by atoms with E-state index in [0.717, 1.165) is 11.3 Å². The summed E-state index contributed by atoms with van der Waals surface area (Å²) in [4.78, 5) is 0. The summed E-state index contributed by atoms with van der Waals surface area (Å²) in [6, 6.07) is 8.33. The summed E-state index contributed by atoms with van der Waals surface area (Å²) in [6.07, 6.45) is 6.57. The predicted octanol–water partition coefficient (Wildman–Crippen LogP) is 3.93. The lowest BCUT2D eigenvalue weighted by atomic mass is 9.81. The van der Waals surface area contributed by atoms with Crippen LogP contribution in [0.4, 0.5) is 0 Å². The van der Waals surface area contributed by atoms with Gasteiger partial charge in [0.15, 0.2) is 0 Å². The van der Waals surface area contributed by atoms with Crippen molar-refractivity contribution in [3.63, 3.8) is 0 Å². The highest BCUT2D eigenvalue weighted by molar-refractivity contribution is 5.99. The highest BCUT2D eigenvalue weighted by Gasteiger charge is 2.18. The molecule has 1 aliphatic carbocycles. The second kappa shape index (κ2) is 5.15. The van der Waals surface area contributed by atoms with Crippen molar-refractivity contribution < 1.29 is 5.21 Å². The third-order valence-corrected chi connectivity index (χ3v) is 3.55. The van der Waals surface area contributed by atoms with Crippen LogP contribution < -0.4 is 0 Å². The van der Waals surface area contributed by atoms with Gasteiger partial charge in [0.05, 0.1) is 5.71 Å². The maximum atomic E-state index is 8.90. The number of nitrogens with zero attached hydrogens (tertiary/aromatic N) is 1. The Morgan fingerprint density at radius 3 is 2.56 bits per heavy atom. The lowest BCUT2D eigenvalue weighted by molar-refractivity contribution is 0.319. The highest BCUT2D eigenvalue weighted by atomic mass is 16.4. The molecule has 1 aromatic rings. The second-order valence-corrected chi connectivity index (χ2v) is 4.61. The maximum Gasteiger partial charge on any atom is 0.0839 e. The Kier molecular flexibility index (Phi) is 3.60. The van der Waals surface area contributed by atoms with Crippen molar-refractivity contribution in [1.29, 1.82) is 0 Å². The quantitative estimate of drug-likeness (QED) is 0.454. The van der Waals surface area contributed by atoms with Gasteiger partial charge in [0.25, 0.3) is 0 Å². The van der Waals surface area contributed by atoms with Crippen molar-refractivity contribution in [2.75, 3.05) is 0 Å². The van der Waals surface area contributed by atoms with Crippen LogP contribution in [-0.4, -0.2) is 10.9 Å². The monoisotopic (exact) mass is 217 g/mol. The number of hydrogen-bond acceptors (Lipinski definition) is 2. The van der Waals surface area contributed by atoms with Gasteiger partial charge in [-0.15, -0.1) is 0 Å². The third kappa shape index (κ3) is 2.26. The van der Waals surface area contributed by atoms with Crippen LogP contribution in [0.5, 0.6) is 0 Å². The molecule has 86 valence electrons. The van der Waals surface area contributed by atoms with Crippen molar-refractivity contribution in [2.45, 2.75) is 44.9 Å². The van der Waals surface area contributed by atoms with E-state index in [-0.39, 0.29) is 0 Å². The first-order chi connectivity index (χ1) is 7.83. The zero-order chi connectivity index (χ0) is 11.4. The van der Waals surface area contributed by atoms with Crippen LogP contribution in [0.2, 0.25) is 0 Å². The average molecular weight is 217 g/mol. The van der Waals surface area contributed by atoms with E-state index in [1.54, 1.807) is 0 Å². The fraction of sp³-hybridized carbons (Fsp3) is 0.500. The van der Waals surface area contributed by atoms with E-state index in [2.05, 4.69) is 23.4 Å². The molecule has 0 unspecified atom stereocenters. The average Bonchev–Trinajstić information content (AvgIpc) is 2.39. The molecule has 2 rings (SSSR count). The van der Waals surface area contributed by atoms with Gasteiger partial charge in [-0.2, -0.15) is 0 Å². The summed E-state index contributed by atoms with van der Waals surface area (Å²) in [7, 11) is 0. The molecule has 0 aliphatic heterocycles. The molecule has 0 atom stereocenters. The van der Waals surface area contributed by atoms with Gasteiger partial charge in [-0.3, -0.25) is 0 Å². The van der Waals surface area contributed by atoms with Crippen LogP contribution in [0.25, 0.3) is 0 Å². The third-order valence-electron chi connectivity index (χ3n) is 3.55. The first kappa shape index (κ1) is 11.2. The van der Waals surface area contributed by atoms with E-state index >= 15 is 0 Å². The van der Waals surface area contributed by atoms with Gasteiger partial charge in [0, 0.05) is 5.56 Å². The van der Waals surface area contributed by atoms with Crippen LogP contribution in [0.1, 0.15) is 56.1 Å². The molecule has 0 aromatic heterocycles. The Morgan fingerprint density at radius 2 is 1.88 bits per heavy atom. The van der Waals surface area contributed by atoms with Crippen LogP contribution in [0.15, 0.2) is 29.4 Å². The standard InChI is InChI=1S/C14H19NO/c1-11(15-16)13-9-5-6-10-14(13)12-7-3-2-4-8-12/h5-6,9-10,12,16H,2-4,7-8H2,1H3/b15-11+. The van der Waals surface area contributed by atoms with Crippen molar-refractivity contribution >= 4 is 5.71 Å². The largest absolute Gasteiger partial charge is 0.411 e. The van der Waals surface area contributed by atoms with Crippen LogP contribution >= 0.6 is 0 Å². The molecule has 1 fully saturated rings. The summed E-state index contributed by atoms with van der Waals surface area (Å²) in [5.41, 5.74) is 3.19. The fourth-order valence-corrected chi connectivity index (χ4v) is 2.65. The van der Waals surface area contributed by atoms with Gasteiger partial charge >= 0.3 is 0 Å². The Morgan fingerprint density at radius 1 is 1.19 bits per heavy atom. The molecular formula is C14H19NO. The molecule has 0 spiro atoms. The van der Waals surface area contributed by atoms with Gasteiger partial charge in [0.1, 0.15) is 0 Å². The van der Waals surface area contributed by atoms with Crippen molar-refractivity contribution in [3.05, 3.63) is 35.4 Å². The van der Waals surface area contributed by atoms with E-state index in [4.69, 9.17) is 5.21 Å². The molecule has 0 amide bonds. The highest BCUT2D eigenvalue weighted by Crippen LogP contribution is 2.34. The summed E-state index contributed by atoms with van der Waals surface area (Å²) in [5.74, 6) is 0.654. The van der Waals surface area contributed by atoms with Crippen molar-refractivity contribution in [2.24, 2.45) is 5.16 Å². The summed E-state index contributed by atoms with van der Waals surface area (Å²) in [5, 5.41) is 12.2. The normalized spacial score (nSPS) is 18.7. The summed E-state index contributed by atoms with van der Waals surface area (Å²) < 4.78 is 0. The summed E-state index contributed by atoms with van der Waals surface area (Å²) >= 11 is 0.